The summed E-state index contributed by atoms with van der Waals surface area (Å²) in [4.78, 5) is 31.0. The van der Waals surface area contributed by atoms with Gasteiger partial charge in [-0.05, 0) is 55.8 Å². The molecule has 1 spiro atoms. The first-order valence-corrected chi connectivity index (χ1v) is 11.9. The lowest BCUT2D eigenvalue weighted by Crippen LogP contribution is -2.48. The lowest BCUT2D eigenvalue weighted by molar-refractivity contribution is -0.133. The molecule has 1 aliphatic carbocycles. The number of aliphatic hydroxyl groups excluding tert-OH is 2. The van der Waals surface area contributed by atoms with Crippen LogP contribution in [-0.4, -0.2) is 94.9 Å². The molecule has 1 aromatic carbocycles. The molecule has 9 heteroatoms. The average molecular weight is 465 g/mol. The summed E-state index contributed by atoms with van der Waals surface area (Å²) >= 11 is 5.98. The molecule has 3 aliphatic rings. The standard InChI is InChI=1S/C23H33ClN4O4/c24-17-2-1-3-18(14-17)25-22(32)27-10-5-21(31)28(13-12-27)19(16-29)4-9-26-11-8-23(6-7-23)20(30)15-26/h1-3,14,19-20,29-30H,4-13,15-16H2,(H,25,32)/t19?,20-/m1/s1. The van der Waals surface area contributed by atoms with Gasteiger partial charge in [0, 0.05) is 49.9 Å². The maximum absolute atomic E-state index is 12.8. The minimum atomic E-state index is -0.285. The summed E-state index contributed by atoms with van der Waals surface area (Å²) in [5.74, 6) is -0.0438. The Balaban J connectivity index is 1.29. The van der Waals surface area contributed by atoms with E-state index in [0.717, 1.165) is 32.4 Å². The number of halogens is 1. The molecule has 0 radical (unpaired) electrons. The van der Waals surface area contributed by atoms with Crippen molar-refractivity contribution in [2.24, 2.45) is 5.41 Å². The summed E-state index contributed by atoms with van der Waals surface area (Å²) in [5.41, 5.74) is 0.780. The topological polar surface area (TPSA) is 96.4 Å². The normalized spacial score (nSPS) is 24.3. The van der Waals surface area contributed by atoms with E-state index in [1.165, 1.54) is 0 Å². The predicted molar refractivity (Wildman–Crippen MR) is 123 cm³/mol. The Kier molecular flexibility index (Phi) is 7.24. The van der Waals surface area contributed by atoms with Gasteiger partial charge >= 0.3 is 6.03 Å². The van der Waals surface area contributed by atoms with E-state index in [1.54, 1.807) is 34.1 Å². The van der Waals surface area contributed by atoms with Crippen molar-refractivity contribution in [3.8, 4) is 0 Å². The Morgan fingerprint density at radius 2 is 2.03 bits per heavy atom. The molecule has 1 aromatic rings. The fraction of sp³-hybridized carbons (Fsp3) is 0.652. The molecule has 4 rings (SSSR count). The van der Waals surface area contributed by atoms with Crippen LogP contribution in [0.25, 0.3) is 0 Å². The Morgan fingerprint density at radius 1 is 1.22 bits per heavy atom. The quantitative estimate of drug-likeness (QED) is 0.598. The van der Waals surface area contributed by atoms with Gasteiger partial charge in [0.1, 0.15) is 0 Å². The molecule has 0 aromatic heterocycles. The number of carbonyl (C=O) groups excluding carboxylic acids is 2. The summed E-state index contributed by atoms with van der Waals surface area (Å²) in [6.45, 7) is 3.38. The van der Waals surface area contributed by atoms with E-state index in [2.05, 4.69) is 10.2 Å². The van der Waals surface area contributed by atoms with Gasteiger partial charge in [-0.15, -0.1) is 0 Å². The molecule has 3 N–H and O–H groups in total. The Hall–Kier alpha value is -1.87. The van der Waals surface area contributed by atoms with Gasteiger partial charge in [0.05, 0.1) is 18.8 Å². The van der Waals surface area contributed by atoms with E-state index < -0.39 is 0 Å². The second kappa shape index (κ2) is 9.95. The van der Waals surface area contributed by atoms with Crippen LogP contribution >= 0.6 is 11.6 Å². The van der Waals surface area contributed by atoms with Gasteiger partial charge in [-0.2, -0.15) is 0 Å². The van der Waals surface area contributed by atoms with Crippen molar-refractivity contribution in [1.29, 1.82) is 0 Å². The van der Waals surface area contributed by atoms with Gasteiger partial charge in [0.25, 0.3) is 0 Å². The van der Waals surface area contributed by atoms with Gasteiger partial charge in [-0.25, -0.2) is 4.79 Å². The lowest BCUT2D eigenvalue weighted by Gasteiger charge is -2.38. The van der Waals surface area contributed by atoms with Crippen LogP contribution < -0.4 is 5.32 Å². The highest BCUT2D eigenvalue weighted by molar-refractivity contribution is 6.30. The van der Waals surface area contributed by atoms with Crippen LogP contribution in [0.1, 0.15) is 32.1 Å². The fourth-order valence-corrected chi connectivity index (χ4v) is 5.09. The Bertz CT molecular complexity index is 834. The summed E-state index contributed by atoms with van der Waals surface area (Å²) < 4.78 is 0. The Labute approximate surface area is 194 Å². The van der Waals surface area contributed by atoms with Crippen LogP contribution in [0, 0.1) is 5.41 Å². The van der Waals surface area contributed by atoms with Gasteiger partial charge in [-0.1, -0.05) is 17.7 Å². The molecule has 32 heavy (non-hydrogen) atoms. The average Bonchev–Trinajstić information content (AvgIpc) is 3.57. The molecule has 3 amide bonds. The molecule has 3 fully saturated rings. The number of benzene rings is 1. The van der Waals surface area contributed by atoms with E-state index in [4.69, 9.17) is 11.6 Å². The first-order valence-electron chi connectivity index (χ1n) is 11.5. The van der Waals surface area contributed by atoms with Crippen LogP contribution in [0.2, 0.25) is 5.02 Å². The number of β-amino-alcohol motifs (C(OH)–C–C–N with tert-alkyl or cyclic N) is 1. The van der Waals surface area contributed by atoms with Crippen LogP contribution in [0.3, 0.4) is 0 Å². The number of rotatable bonds is 6. The number of nitrogens with zero attached hydrogens (tertiary/aromatic N) is 3. The summed E-state index contributed by atoms with van der Waals surface area (Å²) in [5, 5.41) is 23.8. The molecule has 1 unspecified atom stereocenters. The van der Waals surface area contributed by atoms with Crippen LogP contribution in [-0.2, 0) is 4.79 Å². The molecule has 2 aliphatic heterocycles. The van der Waals surface area contributed by atoms with Crippen molar-refractivity contribution >= 4 is 29.2 Å². The summed E-state index contributed by atoms with van der Waals surface area (Å²) in [7, 11) is 0. The van der Waals surface area contributed by atoms with Gasteiger partial charge in [0.2, 0.25) is 5.91 Å². The number of hydrogen-bond donors (Lipinski definition) is 3. The smallest absolute Gasteiger partial charge is 0.321 e. The maximum atomic E-state index is 12.8. The van der Waals surface area contributed by atoms with Gasteiger partial charge in [-0.3, -0.25) is 4.79 Å². The van der Waals surface area contributed by atoms with E-state index in [0.29, 0.717) is 43.3 Å². The molecule has 176 valence electrons. The third-order valence-electron chi connectivity index (χ3n) is 7.28. The molecule has 1 saturated carbocycles. The highest BCUT2D eigenvalue weighted by Crippen LogP contribution is 2.53. The maximum Gasteiger partial charge on any atom is 0.321 e. The van der Waals surface area contributed by atoms with Crippen molar-refractivity contribution in [3.05, 3.63) is 29.3 Å². The molecule has 8 nitrogen and oxygen atoms in total. The highest BCUT2D eigenvalue weighted by Gasteiger charge is 2.51. The third kappa shape index (κ3) is 5.36. The zero-order chi connectivity index (χ0) is 22.7. The monoisotopic (exact) mass is 464 g/mol. The van der Waals surface area contributed by atoms with Gasteiger partial charge in [0.15, 0.2) is 0 Å². The molecule has 2 atom stereocenters. The zero-order valence-electron chi connectivity index (χ0n) is 18.4. The number of amides is 3. The fourth-order valence-electron chi connectivity index (χ4n) is 4.90. The van der Waals surface area contributed by atoms with Crippen molar-refractivity contribution < 1.29 is 19.8 Å². The van der Waals surface area contributed by atoms with E-state index in [1.807, 2.05) is 0 Å². The zero-order valence-corrected chi connectivity index (χ0v) is 19.1. The minimum absolute atomic E-state index is 0.0438. The number of likely N-dealkylation sites (tertiary alicyclic amines) is 1. The van der Waals surface area contributed by atoms with Crippen LogP contribution in [0.15, 0.2) is 24.3 Å². The number of piperidine rings is 1. The number of aliphatic hydroxyl groups is 2. The third-order valence-corrected chi connectivity index (χ3v) is 7.51. The molecule has 2 saturated heterocycles. The number of hydrogen-bond acceptors (Lipinski definition) is 5. The Morgan fingerprint density at radius 3 is 2.72 bits per heavy atom. The number of carbonyl (C=O) groups is 2. The number of anilines is 1. The highest BCUT2D eigenvalue weighted by atomic mass is 35.5. The largest absolute Gasteiger partial charge is 0.394 e. The number of nitrogens with one attached hydrogen (secondary N) is 1. The van der Waals surface area contributed by atoms with Crippen LogP contribution in [0.5, 0.6) is 0 Å². The van der Waals surface area contributed by atoms with Crippen LogP contribution in [0.4, 0.5) is 10.5 Å². The van der Waals surface area contributed by atoms with E-state index in [9.17, 15) is 19.8 Å². The first-order chi connectivity index (χ1) is 15.4. The first kappa shape index (κ1) is 23.3. The SMILES string of the molecule is O=C(Nc1cccc(Cl)c1)N1CCC(=O)N(C(CO)CCN2CCC3(CC3)[C@H](O)C2)CC1. The van der Waals surface area contributed by atoms with Crippen molar-refractivity contribution in [1.82, 2.24) is 14.7 Å². The minimum Gasteiger partial charge on any atom is -0.394 e. The molecule has 2 heterocycles. The summed E-state index contributed by atoms with van der Waals surface area (Å²) in [6, 6.07) is 6.40. The molecular weight excluding hydrogens is 432 g/mol. The predicted octanol–water partition coefficient (Wildman–Crippen LogP) is 2.00. The van der Waals surface area contributed by atoms with Crippen molar-refractivity contribution in [3.63, 3.8) is 0 Å². The molecular formula is C23H33ClN4O4. The lowest BCUT2D eigenvalue weighted by atomic mass is 9.90. The second-order valence-corrected chi connectivity index (χ2v) is 9.75. The summed E-state index contributed by atoms with van der Waals surface area (Å²) in [6.07, 6.45) is 3.89. The van der Waals surface area contributed by atoms with Gasteiger partial charge < -0.3 is 30.2 Å². The van der Waals surface area contributed by atoms with Crippen molar-refractivity contribution in [2.45, 2.75) is 44.2 Å². The molecule has 0 bridgehead atoms. The number of urea groups is 1. The van der Waals surface area contributed by atoms with Crippen molar-refractivity contribution in [2.75, 3.05) is 51.2 Å². The van der Waals surface area contributed by atoms with E-state index >= 15 is 0 Å². The van der Waals surface area contributed by atoms with E-state index in [-0.39, 0.29) is 42.5 Å². The second-order valence-electron chi connectivity index (χ2n) is 9.32.